The molecule has 80 valence electrons. The Balaban J connectivity index is 2.60. The van der Waals surface area contributed by atoms with Crippen LogP contribution < -0.4 is 0 Å². The van der Waals surface area contributed by atoms with Gasteiger partial charge < -0.3 is 0 Å². The minimum atomic E-state index is 0.353. The van der Waals surface area contributed by atoms with Crippen molar-refractivity contribution in [1.29, 1.82) is 0 Å². The van der Waals surface area contributed by atoms with E-state index in [-0.39, 0.29) is 0 Å². The second kappa shape index (κ2) is 4.16. The first-order valence-corrected chi connectivity index (χ1v) is 5.38. The van der Waals surface area contributed by atoms with E-state index in [4.69, 9.17) is 0 Å². The fraction of sp³-hybridized carbons (Fsp3) is 0.750. The SMILES string of the molecule is CC(C)Cn1cc(CC(C)(C)C)cn1. The summed E-state index contributed by atoms with van der Waals surface area (Å²) in [5.74, 6) is 0.664. The number of aromatic nitrogens is 2. The molecule has 0 atom stereocenters. The van der Waals surface area contributed by atoms with E-state index in [1.54, 1.807) is 0 Å². The number of hydrogen-bond donors (Lipinski definition) is 0. The summed E-state index contributed by atoms with van der Waals surface area (Å²) in [6.07, 6.45) is 5.27. The van der Waals surface area contributed by atoms with Gasteiger partial charge in [-0.05, 0) is 23.3 Å². The van der Waals surface area contributed by atoms with E-state index < -0.39 is 0 Å². The summed E-state index contributed by atoms with van der Waals surface area (Å²) in [4.78, 5) is 0. The molecule has 0 radical (unpaired) electrons. The van der Waals surface area contributed by atoms with Gasteiger partial charge in [0.2, 0.25) is 0 Å². The predicted molar refractivity (Wildman–Crippen MR) is 60.2 cm³/mol. The van der Waals surface area contributed by atoms with Crippen molar-refractivity contribution in [3.05, 3.63) is 18.0 Å². The first kappa shape index (κ1) is 11.3. The number of nitrogens with zero attached hydrogens (tertiary/aromatic N) is 2. The lowest BCUT2D eigenvalue weighted by atomic mass is 9.89. The van der Waals surface area contributed by atoms with Crippen LogP contribution in [0.1, 0.15) is 40.2 Å². The summed E-state index contributed by atoms with van der Waals surface area (Å²) in [7, 11) is 0. The molecule has 0 aliphatic rings. The topological polar surface area (TPSA) is 17.8 Å². The van der Waals surface area contributed by atoms with E-state index in [0.29, 0.717) is 11.3 Å². The molecule has 0 bridgehead atoms. The lowest BCUT2D eigenvalue weighted by Crippen LogP contribution is -2.08. The lowest BCUT2D eigenvalue weighted by Gasteiger charge is -2.16. The highest BCUT2D eigenvalue weighted by Crippen LogP contribution is 2.19. The molecule has 0 aliphatic carbocycles. The third-order valence-corrected chi connectivity index (χ3v) is 1.97. The zero-order valence-corrected chi connectivity index (χ0v) is 10.0. The third kappa shape index (κ3) is 3.95. The maximum atomic E-state index is 4.36. The van der Waals surface area contributed by atoms with Crippen LogP contribution in [0.4, 0.5) is 0 Å². The van der Waals surface area contributed by atoms with Gasteiger partial charge in [-0.15, -0.1) is 0 Å². The Kier molecular flexibility index (Phi) is 3.35. The Labute approximate surface area is 87.3 Å². The largest absolute Gasteiger partial charge is 0.272 e. The van der Waals surface area contributed by atoms with E-state index in [0.717, 1.165) is 13.0 Å². The average Bonchev–Trinajstić information content (AvgIpc) is 2.30. The number of rotatable bonds is 3. The fourth-order valence-electron chi connectivity index (χ4n) is 1.58. The van der Waals surface area contributed by atoms with Gasteiger partial charge in [0.1, 0.15) is 0 Å². The van der Waals surface area contributed by atoms with Gasteiger partial charge >= 0.3 is 0 Å². The van der Waals surface area contributed by atoms with Gasteiger partial charge in [-0.1, -0.05) is 34.6 Å². The van der Waals surface area contributed by atoms with Crippen LogP contribution in [-0.4, -0.2) is 9.78 Å². The van der Waals surface area contributed by atoms with Crippen molar-refractivity contribution in [2.75, 3.05) is 0 Å². The Hall–Kier alpha value is -0.790. The van der Waals surface area contributed by atoms with Gasteiger partial charge in [-0.25, -0.2) is 0 Å². The van der Waals surface area contributed by atoms with Crippen molar-refractivity contribution in [2.45, 2.75) is 47.6 Å². The second-order valence-electron chi connectivity index (χ2n) is 5.70. The monoisotopic (exact) mass is 194 g/mol. The molecule has 0 spiro atoms. The summed E-state index contributed by atoms with van der Waals surface area (Å²) in [5, 5.41) is 4.36. The van der Waals surface area contributed by atoms with Crippen LogP contribution in [0.25, 0.3) is 0 Å². The standard InChI is InChI=1S/C12H22N2/c1-10(2)8-14-9-11(7-13-14)6-12(3,4)5/h7,9-10H,6,8H2,1-5H3. The quantitative estimate of drug-likeness (QED) is 0.723. The van der Waals surface area contributed by atoms with Crippen molar-refractivity contribution < 1.29 is 0 Å². The highest BCUT2D eigenvalue weighted by molar-refractivity contribution is 5.06. The molecule has 0 saturated carbocycles. The van der Waals surface area contributed by atoms with Gasteiger partial charge in [-0.2, -0.15) is 5.10 Å². The van der Waals surface area contributed by atoms with E-state index in [1.165, 1.54) is 5.56 Å². The Morgan fingerprint density at radius 1 is 1.36 bits per heavy atom. The maximum Gasteiger partial charge on any atom is 0.0521 e. The van der Waals surface area contributed by atoms with Crippen LogP contribution >= 0.6 is 0 Å². The average molecular weight is 194 g/mol. The highest BCUT2D eigenvalue weighted by Gasteiger charge is 2.12. The van der Waals surface area contributed by atoms with Gasteiger partial charge in [0.05, 0.1) is 6.20 Å². The lowest BCUT2D eigenvalue weighted by molar-refractivity contribution is 0.410. The van der Waals surface area contributed by atoms with Crippen molar-refractivity contribution in [1.82, 2.24) is 9.78 Å². The normalized spacial score (nSPS) is 12.4. The molecular formula is C12H22N2. The molecule has 1 heterocycles. The van der Waals surface area contributed by atoms with Gasteiger partial charge in [0.15, 0.2) is 0 Å². The van der Waals surface area contributed by atoms with E-state index in [2.05, 4.69) is 45.9 Å². The van der Waals surface area contributed by atoms with Crippen LogP contribution in [0.15, 0.2) is 12.4 Å². The maximum absolute atomic E-state index is 4.36. The minimum absolute atomic E-state index is 0.353. The van der Waals surface area contributed by atoms with E-state index in [9.17, 15) is 0 Å². The fourth-order valence-corrected chi connectivity index (χ4v) is 1.58. The second-order valence-corrected chi connectivity index (χ2v) is 5.70. The third-order valence-electron chi connectivity index (χ3n) is 1.97. The Morgan fingerprint density at radius 3 is 2.50 bits per heavy atom. The predicted octanol–water partition coefficient (Wildman–Crippen LogP) is 3.13. The molecular weight excluding hydrogens is 172 g/mol. The number of hydrogen-bond acceptors (Lipinski definition) is 1. The van der Waals surface area contributed by atoms with E-state index in [1.807, 2.05) is 10.9 Å². The van der Waals surface area contributed by atoms with Crippen LogP contribution in [-0.2, 0) is 13.0 Å². The first-order chi connectivity index (χ1) is 6.37. The van der Waals surface area contributed by atoms with Crippen LogP contribution in [0.3, 0.4) is 0 Å². The summed E-state index contributed by atoms with van der Waals surface area (Å²) >= 11 is 0. The molecule has 14 heavy (non-hydrogen) atoms. The molecule has 0 fully saturated rings. The minimum Gasteiger partial charge on any atom is -0.272 e. The summed E-state index contributed by atoms with van der Waals surface area (Å²) in [6.45, 7) is 12.2. The zero-order chi connectivity index (χ0) is 10.8. The van der Waals surface area contributed by atoms with Crippen LogP contribution in [0.5, 0.6) is 0 Å². The molecule has 0 aromatic carbocycles. The summed E-state index contributed by atoms with van der Waals surface area (Å²) in [6, 6.07) is 0. The van der Waals surface area contributed by atoms with Crippen molar-refractivity contribution in [3.8, 4) is 0 Å². The van der Waals surface area contributed by atoms with Gasteiger partial charge in [-0.3, -0.25) is 4.68 Å². The smallest absolute Gasteiger partial charge is 0.0521 e. The zero-order valence-electron chi connectivity index (χ0n) is 10.0. The van der Waals surface area contributed by atoms with Crippen LogP contribution in [0.2, 0.25) is 0 Å². The van der Waals surface area contributed by atoms with Gasteiger partial charge in [0, 0.05) is 12.7 Å². The Bertz CT molecular complexity index is 279. The molecule has 0 aliphatic heterocycles. The van der Waals surface area contributed by atoms with E-state index >= 15 is 0 Å². The molecule has 0 amide bonds. The molecule has 0 saturated heterocycles. The molecule has 0 N–H and O–H groups in total. The van der Waals surface area contributed by atoms with Gasteiger partial charge in [0.25, 0.3) is 0 Å². The highest BCUT2D eigenvalue weighted by atomic mass is 15.3. The summed E-state index contributed by atoms with van der Waals surface area (Å²) < 4.78 is 2.05. The summed E-state index contributed by atoms with van der Waals surface area (Å²) in [5.41, 5.74) is 1.70. The van der Waals surface area contributed by atoms with Crippen molar-refractivity contribution in [3.63, 3.8) is 0 Å². The first-order valence-electron chi connectivity index (χ1n) is 5.38. The molecule has 2 heteroatoms. The Morgan fingerprint density at radius 2 is 2.00 bits per heavy atom. The van der Waals surface area contributed by atoms with Crippen molar-refractivity contribution >= 4 is 0 Å². The molecule has 0 unspecified atom stereocenters. The molecule has 1 rings (SSSR count). The molecule has 1 aromatic heterocycles. The molecule has 1 aromatic rings. The van der Waals surface area contributed by atoms with Crippen molar-refractivity contribution in [2.24, 2.45) is 11.3 Å². The van der Waals surface area contributed by atoms with Crippen LogP contribution in [0, 0.1) is 11.3 Å². The molecule has 2 nitrogen and oxygen atoms in total.